The van der Waals surface area contributed by atoms with Gasteiger partial charge in [0.2, 0.25) is 0 Å². The molecule has 0 bridgehead atoms. The van der Waals surface area contributed by atoms with Crippen LogP contribution in [-0.4, -0.2) is 38.9 Å². The number of aromatic nitrogens is 4. The first-order valence-electron chi connectivity index (χ1n) is 8.91. The van der Waals surface area contributed by atoms with E-state index in [4.69, 9.17) is 4.74 Å². The standard InChI is InChI=1S/C21H19N5O2/c1-28-17-7-5-15(6-8-17)19-20-25-18(14-26(20)13-12-23-19)21(27)24-11-9-16-4-2-3-10-22-16/h2-8,10,12-14H,9,11H2,1H3,(H,24,27). The second-order valence-electron chi connectivity index (χ2n) is 6.19. The van der Waals surface area contributed by atoms with Gasteiger partial charge in [-0.15, -0.1) is 0 Å². The molecule has 0 fully saturated rings. The van der Waals surface area contributed by atoms with Crippen molar-refractivity contribution in [3.05, 3.63) is 78.6 Å². The lowest BCUT2D eigenvalue weighted by Crippen LogP contribution is -2.26. The van der Waals surface area contributed by atoms with Gasteiger partial charge < -0.3 is 14.5 Å². The van der Waals surface area contributed by atoms with E-state index in [0.717, 1.165) is 17.0 Å². The molecule has 28 heavy (non-hydrogen) atoms. The number of hydrogen-bond donors (Lipinski definition) is 1. The Morgan fingerprint density at radius 3 is 2.71 bits per heavy atom. The third-order valence-electron chi connectivity index (χ3n) is 4.36. The highest BCUT2D eigenvalue weighted by molar-refractivity contribution is 5.93. The molecule has 4 rings (SSSR count). The van der Waals surface area contributed by atoms with Gasteiger partial charge in [0.05, 0.1) is 7.11 Å². The first-order chi connectivity index (χ1) is 13.7. The molecule has 0 atom stereocenters. The fourth-order valence-electron chi connectivity index (χ4n) is 2.92. The quantitative estimate of drug-likeness (QED) is 0.562. The average molecular weight is 373 g/mol. The molecule has 1 aromatic carbocycles. The molecule has 0 aliphatic heterocycles. The molecule has 0 aliphatic carbocycles. The fourth-order valence-corrected chi connectivity index (χ4v) is 2.92. The number of amides is 1. The lowest BCUT2D eigenvalue weighted by molar-refractivity contribution is 0.0949. The Labute approximate surface area is 162 Å². The zero-order valence-corrected chi connectivity index (χ0v) is 15.4. The van der Waals surface area contributed by atoms with E-state index in [9.17, 15) is 4.79 Å². The van der Waals surface area contributed by atoms with Crippen molar-refractivity contribution in [2.24, 2.45) is 0 Å². The maximum atomic E-state index is 12.5. The molecule has 7 heteroatoms. The maximum Gasteiger partial charge on any atom is 0.271 e. The minimum atomic E-state index is -0.222. The van der Waals surface area contributed by atoms with E-state index < -0.39 is 0 Å². The Morgan fingerprint density at radius 2 is 1.96 bits per heavy atom. The molecule has 140 valence electrons. The van der Waals surface area contributed by atoms with E-state index in [1.807, 2.05) is 42.5 Å². The third kappa shape index (κ3) is 3.68. The van der Waals surface area contributed by atoms with Gasteiger partial charge >= 0.3 is 0 Å². The van der Waals surface area contributed by atoms with Crippen molar-refractivity contribution in [1.29, 1.82) is 0 Å². The van der Waals surface area contributed by atoms with E-state index in [1.54, 1.807) is 36.3 Å². The number of benzene rings is 1. The van der Waals surface area contributed by atoms with Crippen LogP contribution >= 0.6 is 0 Å². The van der Waals surface area contributed by atoms with Gasteiger partial charge in [-0.2, -0.15) is 0 Å². The Balaban J connectivity index is 1.53. The maximum absolute atomic E-state index is 12.5. The van der Waals surface area contributed by atoms with Crippen molar-refractivity contribution in [2.75, 3.05) is 13.7 Å². The largest absolute Gasteiger partial charge is 0.497 e. The molecule has 1 amide bonds. The summed E-state index contributed by atoms with van der Waals surface area (Å²) in [7, 11) is 1.63. The Kier molecular flexibility index (Phi) is 4.97. The number of nitrogens with one attached hydrogen (secondary N) is 1. The van der Waals surface area contributed by atoms with Crippen molar-refractivity contribution in [1.82, 2.24) is 24.7 Å². The van der Waals surface area contributed by atoms with Crippen molar-refractivity contribution in [3.8, 4) is 17.0 Å². The number of rotatable bonds is 6. The molecule has 1 N–H and O–H groups in total. The summed E-state index contributed by atoms with van der Waals surface area (Å²) < 4.78 is 7.00. The van der Waals surface area contributed by atoms with Crippen LogP contribution in [0.1, 0.15) is 16.2 Å². The third-order valence-corrected chi connectivity index (χ3v) is 4.36. The van der Waals surface area contributed by atoms with Gasteiger partial charge in [0.15, 0.2) is 5.65 Å². The summed E-state index contributed by atoms with van der Waals surface area (Å²) in [4.78, 5) is 25.7. The Hall–Kier alpha value is -3.74. The lowest BCUT2D eigenvalue weighted by Gasteiger charge is -2.04. The molecule has 0 saturated carbocycles. The van der Waals surface area contributed by atoms with Gasteiger partial charge in [-0.05, 0) is 36.4 Å². The minimum absolute atomic E-state index is 0.222. The van der Waals surface area contributed by atoms with Crippen molar-refractivity contribution < 1.29 is 9.53 Å². The second kappa shape index (κ2) is 7.87. The van der Waals surface area contributed by atoms with Crippen molar-refractivity contribution in [2.45, 2.75) is 6.42 Å². The molecule has 3 heterocycles. The van der Waals surface area contributed by atoms with E-state index >= 15 is 0 Å². The van der Waals surface area contributed by atoms with E-state index in [-0.39, 0.29) is 5.91 Å². The monoisotopic (exact) mass is 373 g/mol. The highest BCUT2D eigenvalue weighted by Crippen LogP contribution is 2.24. The van der Waals surface area contributed by atoms with Gasteiger partial charge in [0.25, 0.3) is 5.91 Å². The zero-order chi connectivity index (χ0) is 19.3. The lowest BCUT2D eigenvalue weighted by atomic mass is 10.1. The molecule has 3 aromatic heterocycles. The minimum Gasteiger partial charge on any atom is -0.497 e. The average Bonchev–Trinajstić information content (AvgIpc) is 3.19. The highest BCUT2D eigenvalue weighted by Gasteiger charge is 2.14. The molecule has 0 aliphatic rings. The molecule has 7 nitrogen and oxygen atoms in total. The van der Waals surface area contributed by atoms with Gasteiger partial charge in [-0.3, -0.25) is 14.8 Å². The summed E-state index contributed by atoms with van der Waals surface area (Å²) >= 11 is 0. The summed E-state index contributed by atoms with van der Waals surface area (Å²) in [6, 6.07) is 13.3. The number of ether oxygens (including phenoxy) is 1. The first kappa shape index (κ1) is 17.7. The van der Waals surface area contributed by atoms with E-state index in [0.29, 0.717) is 30.0 Å². The molecule has 0 saturated heterocycles. The molecule has 0 radical (unpaired) electrons. The van der Waals surface area contributed by atoms with Crippen LogP contribution in [0.25, 0.3) is 16.9 Å². The van der Waals surface area contributed by atoms with Crippen LogP contribution in [-0.2, 0) is 6.42 Å². The summed E-state index contributed by atoms with van der Waals surface area (Å²) in [5.41, 5.74) is 3.52. The number of carbonyl (C=O) groups excluding carboxylic acids is 1. The van der Waals surface area contributed by atoms with Crippen LogP contribution in [0.2, 0.25) is 0 Å². The van der Waals surface area contributed by atoms with Crippen LogP contribution < -0.4 is 10.1 Å². The predicted molar refractivity (Wildman–Crippen MR) is 105 cm³/mol. The van der Waals surface area contributed by atoms with Crippen LogP contribution in [0.15, 0.2) is 67.3 Å². The number of nitrogens with zero attached hydrogens (tertiary/aromatic N) is 4. The zero-order valence-electron chi connectivity index (χ0n) is 15.4. The molecule has 0 unspecified atom stereocenters. The SMILES string of the molecule is COc1ccc(-c2nccn3cc(C(=O)NCCc4ccccn4)nc23)cc1. The number of fused-ring (bicyclic) bond motifs is 1. The van der Waals surface area contributed by atoms with Gasteiger partial charge in [-0.1, -0.05) is 6.07 Å². The van der Waals surface area contributed by atoms with Crippen molar-refractivity contribution >= 4 is 11.6 Å². The number of hydrogen-bond acceptors (Lipinski definition) is 5. The molecule has 4 aromatic rings. The molecular weight excluding hydrogens is 354 g/mol. The number of pyridine rings is 1. The first-order valence-corrected chi connectivity index (χ1v) is 8.91. The van der Waals surface area contributed by atoms with Crippen LogP contribution in [0, 0.1) is 0 Å². The van der Waals surface area contributed by atoms with Crippen molar-refractivity contribution in [3.63, 3.8) is 0 Å². The fraction of sp³-hybridized carbons (Fsp3) is 0.143. The Morgan fingerprint density at radius 1 is 1.11 bits per heavy atom. The number of methoxy groups -OCH3 is 1. The second-order valence-corrected chi connectivity index (χ2v) is 6.19. The Bertz CT molecular complexity index is 1090. The predicted octanol–water partition coefficient (Wildman–Crippen LogP) is 2.77. The summed E-state index contributed by atoms with van der Waals surface area (Å²) in [6.45, 7) is 0.493. The smallest absolute Gasteiger partial charge is 0.271 e. The normalized spacial score (nSPS) is 10.8. The summed E-state index contributed by atoms with van der Waals surface area (Å²) in [6.07, 6.45) is 7.59. The topological polar surface area (TPSA) is 81.4 Å². The number of carbonyl (C=O) groups is 1. The van der Waals surface area contributed by atoms with Gasteiger partial charge in [-0.25, -0.2) is 4.98 Å². The van der Waals surface area contributed by atoms with Crippen LogP contribution in [0.4, 0.5) is 0 Å². The van der Waals surface area contributed by atoms with Gasteiger partial charge in [0, 0.05) is 49.0 Å². The van der Waals surface area contributed by atoms with Crippen LogP contribution in [0.5, 0.6) is 5.75 Å². The summed E-state index contributed by atoms with van der Waals surface area (Å²) in [5, 5.41) is 2.89. The molecular formula is C21H19N5O2. The highest BCUT2D eigenvalue weighted by atomic mass is 16.5. The molecule has 0 spiro atoms. The van der Waals surface area contributed by atoms with E-state index in [2.05, 4.69) is 20.3 Å². The van der Waals surface area contributed by atoms with Crippen LogP contribution in [0.3, 0.4) is 0 Å². The number of imidazole rings is 1. The van der Waals surface area contributed by atoms with E-state index in [1.165, 1.54) is 0 Å². The van der Waals surface area contributed by atoms with Gasteiger partial charge in [0.1, 0.15) is 17.1 Å². The summed E-state index contributed by atoms with van der Waals surface area (Å²) in [5.74, 6) is 0.548.